The number of aryl methyl sites for hydroxylation is 2. The Morgan fingerprint density at radius 3 is 2.53 bits per heavy atom. The highest BCUT2D eigenvalue weighted by Gasteiger charge is 2.30. The lowest BCUT2D eigenvalue weighted by Crippen LogP contribution is -2.39. The van der Waals surface area contributed by atoms with Gasteiger partial charge in [-0.15, -0.1) is 0 Å². The lowest BCUT2D eigenvalue weighted by atomic mass is 10.1. The van der Waals surface area contributed by atoms with Crippen LogP contribution in [0, 0.1) is 13.8 Å². The summed E-state index contributed by atoms with van der Waals surface area (Å²) in [5.41, 5.74) is 8.00. The Morgan fingerprint density at radius 1 is 1.32 bits per heavy atom. The summed E-state index contributed by atoms with van der Waals surface area (Å²) in [6.45, 7) is 6.22. The van der Waals surface area contributed by atoms with Gasteiger partial charge >= 0.3 is 0 Å². The molecule has 1 aromatic rings. The fourth-order valence-electron chi connectivity index (χ4n) is 2.19. The molecule has 0 spiro atoms. The maximum absolute atomic E-state index is 12.4. The van der Waals surface area contributed by atoms with E-state index in [9.17, 15) is 8.42 Å². The number of rotatable bonds is 3. The molecule has 1 aliphatic heterocycles. The highest BCUT2D eigenvalue weighted by molar-refractivity contribution is 7.89. The maximum atomic E-state index is 12.4. The zero-order valence-electron chi connectivity index (χ0n) is 11.4. The Hall–Kier alpha value is -1.11. The number of nitrogen functional groups attached to an aromatic ring is 1. The molecule has 2 unspecified atom stereocenters. The van der Waals surface area contributed by atoms with Crippen molar-refractivity contribution >= 4 is 15.7 Å². The van der Waals surface area contributed by atoms with Crippen LogP contribution in [0.2, 0.25) is 0 Å². The number of nitrogens with two attached hydrogens (primary N) is 1. The van der Waals surface area contributed by atoms with E-state index in [1.165, 1.54) is 0 Å². The number of nitrogens with one attached hydrogen (secondary N) is 1. The Bertz CT molecular complexity index is 584. The first kappa shape index (κ1) is 14.3. The summed E-state index contributed by atoms with van der Waals surface area (Å²) in [6, 6.07) is 3.12. The highest BCUT2D eigenvalue weighted by Crippen LogP contribution is 2.24. The molecule has 19 heavy (non-hydrogen) atoms. The van der Waals surface area contributed by atoms with Crippen molar-refractivity contribution in [3.63, 3.8) is 0 Å². The number of ether oxygens (including phenoxy) is 1. The van der Waals surface area contributed by atoms with Crippen molar-refractivity contribution in [1.29, 1.82) is 0 Å². The van der Waals surface area contributed by atoms with Crippen molar-refractivity contribution in [3.05, 3.63) is 23.3 Å². The number of benzene rings is 1. The molecule has 2 rings (SSSR count). The molecule has 0 saturated carbocycles. The summed E-state index contributed by atoms with van der Waals surface area (Å²) in [5, 5.41) is 0. The summed E-state index contributed by atoms with van der Waals surface area (Å²) < 4.78 is 32.8. The van der Waals surface area contributed by atoms with Crippen LogP contribution in [-0.4, -0.2) is 27.2 Å². The molecule has 106 valence electrons. The Kier molecular flexibility index (Phi) is 3.85. The molecule has 1 aromatic carbocycles. The van der Waals surface area contributed by atoms with Crippen LogP contribution < -0.4 is 10.5 Å². The van der Waals surface area contributed by atoms with E-state index in [-0.39, 0.29) is 22.7 Å². The highest BCUT2D eigenvalue weighted by atomic mass is 32.2. The van der Waals surface area contributed by atoms with Gasteiger partial charge in [0.25, 0.3) is 0 Å². The van der Waals surface area contributed by atoms with E-state index < -0.39 is 10.0 Å². The van der Waals surface area contributed by atoms with E-state index >= 15 is 0 Å². The molecule has 5 nitrogen and oxygen atoms in total. The average Bonchev–Trinajstić information content (AvgIpc) is 2.69. The third-order valence-corrected chi connectivity index (χ3v) is 5.14. The molecule has 0 aliphatic carbocycles. The lowest BCUT2D eigenvalue weighted by molar-refractivity contribution is 0.117. The summed E-state index contributed by atoms with van der Waals surface area (Å²) in [4.78, 5) is 0.148. The minimum atomic E-state index is -3.60. The molecule has 6 heteroatoms. The van der Waals surface area contributed by atoms with Gasteiger partial charge in [-0.1, -0.05) is 0 Å². The Balaban J connectivity index is 2.32. The lowest BCUT2D eigenvalue weighted by Gasteiger charge is -2.17. The summed E-state index contributed by atoms with van der Waals surface area (Å²) in [7, 11) is -3.60. The normalized spacial score (nSPS) is 23.7. The van der Waals surface area contributed by atoms with Crippen LogP contribution in [0.5, 0.6) is 0 Å². The van der Waals surface area contributed by atoms with Gasteiger partial charge in [-0.3, -0.25) is 0 Å². The molecule has 1 fully saturated rings. The van der Waals surface area contributed by atoms with Crippen molar-refractivity contribution < 1.29 is 13.2 Å². The average molecular weight is 284 g/mol. The maximum Gasteiger partial charge on any atom is 0.242 e. The summed E-state index contributed by atoms with van der Waals surface area (Å²) >= 11 is 0. The molecule has 0 aromatic heterocycles. The van der Waals surface area contributed by atoms with E-state index in [1.807, 2.05) is 20.8 Å². The standard InChI is InChI=1S/C13H20N2O3S/c1-8-6-11(14)13(7-9(8)2)19(16,17)15-12-4-5-18-10(12)3/h6-7,10,12,15H,4-5,14H2,1-3H3. The van der Waals surface area contributed by atoms with E-state index in [4.69, 9.17) is 10.5 Å². The van der Waals surface area contributed by atoms with Gasteiger partial charge in [0.1, 0.15) is 4.90 Å². The van der Waals surface area contributed by atoms with Gasteiger partial charge in [-0.2, -0.15) is 0 Å². The molecule has 0 amide bonds. The molecule has 3 N–H and O–H groups in total. The quantitative estimate of drug-likeness (QED) is 0.821. The number of anilines is 1. The van der Waals surface area contributed by atoms with Crippen molar-refractivity contribution in [1.82, 2.24) is 4.72 Å². The second kappa shape index (κ2) is 5.11. The minimum Gasteiger partial charge on any atom is -0.398 e. The second-order valence-electron chi connectivity index (χ2n) is 5.07. The fourth-order valence-corrected chi connectivity index (χ4v) is 3.73. The number of sulfonamides is 1. The van der Waals surface area contributed by atoms with Gasteiger partial charge in [-0.25, -0.2) is 13.1 Å². The van der Waals surface area contributed by atoms with E-state index in [2.05, 4.69) is 4.72 Å². The van der Waals surface area contributed by atoms with E-state index in [0.29, 0.717) is 13.0 Å². The van der Waals surface area contributed by atoms with E-state index in [0.717, 1.165) is 11.1 Å². The smallest absolute Gasteiger partial charge is 0.242 e. The first-order valence-electron chi connectivity index (χ1n) is 6.32. The van der Waals surface area contributed by atoms with Gasteiger partial charge in [0, 0.05) is 6.61 Å². The Morgan fingerprint density at radius 2 is 1.95 bits per heavy atom. The Labute approximate surface area is 114 Å². The first-order chi connectivity index (χ1) is 8.81. The second-order valence-corrected chi connectivity index (χ2v) is 6.75. The van der Waals surface area contributed by atoms with Gasteiger partial charge in [0.2, 0.25) is 10.0 Å². The zero-order valence-corrected chi connectivity index (χ0v) is 12.3. The summed E-state index contributed by atoms with van der Waals surface area (Å²) in [5.74, 6) is 0. The van der Waals surface area contributed by atoms with Gasteiger partial charge < -0.3 is 10.5 Å². The van der Waals surface area contributed by atoms with Crippen LogP contribution in [0.25, 0.3) is 0 Å². The van der Waals surface area contributed by atoms with Gasteiger partial charge in [0.15, 0.2) is 0 Å². The third-order valence-electron chi connectivity index (χ3n) is 3.60. The van der Waals surface area contributed by atoms with Gasteiger partial charge in [-0.05, 0) is 50.5 Å². The molecule has 2 atom stereocenters. The zero-order chi connectivity index (χ0) is 14.2. The van der Waals surface area contributed by atoms with Gasteiger partial charge in [0.05, 0.1) is 17.8 Å². The summed E-state index contributed by atoms with van der Waals surface area (Å²) in [6.07, 6.45) is 0.577. The van der Waals surface area contributed by atoms with Crippen LogP contribution in [-0.2, 0) is 14.8 Å². The molecule has 0 radical (unpaired) electrons. The fraction of sp³-hybridized carbons (Fsp3) is 0.538. The monoisotopic (exact) mass is 284 g/mol. The number of hydrogen-bond donors (Lipinski definition) is 2. The van der Waals surface area contributed by atoms with Crippen LogP contribution in [0.1, 0.15) is 24.5 Å². The van der Waals surface area contributed by atoms with Crippen molar-refractivity contribution in [2.45, 2.75) is 44.2 Å². The SMILES string of the molecule is Cc1cc(N)c(S(=O)(=O)NC2CCOC2C)cc1C. The number of hydrogen-bond acceptors (Lipinski definition) is 4. The predicted molar refractivity (Wildman–Crippen MR) is 74.5 cm³/mol. The van der Waals surface area contributed by atoms with Crippen molar-refractivity contribution in [2.75, 3.05) is 12.3 Å². The molecule has 1 aliphatic rings. The van der Waals surface area contributed by atoms with Crippen molar-refractivity contribution in [2.24, 2.45) is 0 Å². The molecular formula is C13H20N2O3S. The van der Waals surface area contributed by atoms with E-state index in [1.54, 1.807) is 12.1 Å². The molecule has 1 saturated heterocycles. The topological polar surface area (TPSA) is 81.4 Å². The minimum absolute atomic E-state index is 0.109. The molecule has 0 bridgehead atoms. The third kappa shape index (κ3) is 2.91. The van der Waals surface area contributed by atoms with Crippen LogP contribution in [0.3, 0.4) is 0 Å². The largest absolute Gasteiger partial charge is 0.398 e. The molecule has 1 heterocycles. The van der Waals surface area contributed by atoms with Crippen LogP contribution in [0.15, 0.2) is 17.0 Å². The van der Waals surface area contributed by atoms with Crippen molar-refractivity contribution in [3.8, 4) is 0 Å². The molecular weight excluding hydrogens is 264 g/mol. The van der Waals surface area contributed by atoms with Crippen LogP contribution in [0.4, 0.5) is 5.69 Å². The first-order valence-corrected chi connectivity index (χ1v) is 7.80. The van der Waals surface area contributed by atoms with Crippen LogP contribution >= 0.6 is 0 Å². The predicted octanol–water partition coefficient (Wildman–Crippen LogP) is 1.34.